The lowest BCUT2D eigenvalue weighted by molar-refractivity contribution is -0.311. The van der Waals surface area contributed by atoms with E-state index in [-0.39, 0.29) is 12.3 Å². The SMILES string of the molecule is CC[C@]1(CC(=O)[O-])OC[C@H](Cc2ccccc2)c2c1[nH]c1ccccc21. The number of nitrogens with one attached hydrogen (secondary N) is 1. The zero-order valence-electron chi connectivity index (χ0n) is 14.8. The number of para-hydroxylation sites is 1. The molecule has 0 bridgehead atoms. The van der Waals surface area contributed by atoms with Gasteiger partial charge in [-0.25, -0.2) is 0 Å². The predicted octanol–water partition coefficient (Wildman–Crippen LogP) is 3.27. The lowest BCUT2D eigenvalue weighted by atomic mass is 9.80. The average Bonchev–Trinajstić information content (AvgIpc) is 3.05. The van der Waals surface area contributed by atoms with Crippen molar-refractivity contribution in [3.05, 3.63) is 71.4 Å². The molecule has 1 N–H and O–H groups in total. The van der Waals surface area contributed by atoms with Gasteiger partial charge in [-0.3, -0.25) is 0 Å². The highest BCUT2D eigenvalue weighted by atomic mass is 16.5. The molecule has 2 aromatic carbocycles. The topological polar surface area (TPSA) is 65.2 Å². The standard InChI is InChI=1S/C22H23NO3/c1-2-22(13-19(24)25)21-20(17-10-6-7-11-18(17)23-21)16(14-26-22)12-15-8-4-3-5-9-15/h3-11,16,23H,2,12-14H2,1H3,(H,24,25)/p-1/t16-,22+/m0/s1. The number of hydrogen-bond acceptors (Lipinski definition) is 3. The minimum Gasteiger partial charge on any atom is -0.550 e. The van der Waals surface area contributed by atoms with Crippen LogP contribution in [0.25, 0.3) is 10.9 Å². The Morgan fingerprint density at radius 2 is 1.92 bits per heavy atom. The van der Waals surface area contributed by atoms with E-state index in [1.165, 1.54) is 11.1 Å². The number of aromatic nitrogens is 1. The van der Waals surface area contributed by atoms with Crippen LogP contribution in [0, 0.1) is 0 Å². The zero-order chi connectivity index (χ0) is 18.1. The number of aromatic amines is 1. The number of fused-ring (bicyclic) bond motifs is 3. The number of benzene rings is 2. The summed E-state index contributed by atoms with van der Waals surface area (Å²) in [5.41, 5.74) is 3.52. The summed E-state index contributed by atoms with van der Waals surface area (Å²) in [5, 5.41) is 12.6. The van der Waals surface area contributed by atoms with Crippen molar-refractivity contribution in [2.24, 2.45) is 0 Å². The van der Waals surface area contributed by atoms with E-state index in [9.17, 15) is 9.90 Å². The fourth-order valence-corrected chi connectivity index (χ4v) is 4.20. The van der Waals surface area contributed by atoms with Gasteiger partial charge in [0.05, 0.1) is 12.3 Å². The minimum absolute atomic E-state index is 0.138. The van der Waals surface area contributed by atoms with Gasteiger partial charge in [-0.2, -0.15) is 0 Å². The van der Waals surface area contributed by atoms with Crippen molar-refractivity contribution in [1.82, 2.24) is 4.98 Å². The number of carbonyl (C=O) groups excluding carboxylic acids is 1. The molecule has 0 radical (unpaired) electrons. The first-order valence-corrected chi connectivity index (χ1v) is 9.12. The number of hydrogen-bond donors (Lipinski definition) is 1. The molecule has 0 spiro atoms. The molecule has 0 fully saturated rings. The molecule has 1 aliphatic heterocycles. The molecule has 0 amide bonds. The van der Waals surface area contributed by atoms with Crippen molar-refractivity contribution in [2.45, 2.75) is 37.7 Å². The van der Waals surface area contributed by atoms with E-state index in [1.54, 1.807) is 0 Å². The molecule has 1 aromatic heterocycles. The number of carbonyl (C=O) groups is 1. The van der Waals surface area contributed by atoms with Crippen LogP contribution in [-0.4, -0.2) is 17.6 Å². The molecule has 1 aliphatic rings. The highest BCUT2D eigenvalue weighted by molar-refractivity contribution is 5.86. The monoisotopic (exact) mass is 348 g/mol. The summed E-state index contributed by atoms with van der Waals surface area (Å²) in [6.07, 6.45) is 1.31. The molecule has 2 atom stereocenters. The molecule has 0 aliphatic carbocycles. The van der Waals surface area contributed by atoms with E-state index < -0.39 is 11.6 Å². The quantitative estimate of drug-likeness (QED) is 0.770. The number of ether oxygens (including phenoxy) is 1. The third kappa shape index (κ3) is 2.80. The van der Waals surface area contributed by atoms with Crippen LogP contribution < -0.4 is 5.11 Å². The second kappa shape index (κ2) is 6.61. The Kier molecular flexibility index (Phi) is 4.29. The van der Waals surface area contributed by atoms with Gasteiger partial charge >= 0.3 is 0 Å². The van der Waals surface area contributed by atoms with Crippen LogP contribution in [-0.2, 0) is 21.6 Å². The first kappa shape index (κ1) is 16.9. The highest BCUT2D eigenvalue weighted by Crippen LogP contribution is 2.46. The van der Waals surface area contributed by atoms with Crippen LogP contribution in [0.1, 0.15) is 42.5 Å². The van der Waals surface area contributed by atoms with Gasteiger partial charge in [0.25, 0.3) is 0 Å². The molecule has 0 saturated carbocycles. The lowest BCUT2D eigenvalue weighted by Crippen LogP contribution is -2.42. The van der Waals surface area contributed by atoms with Crippen LogP contribution in [0.2, 0.25) is 0 Å². The summed E-state index contributed by atoms with van der Waals surface area (Å²) in [4.78, 5) is 14.9. The second-order valence-electron chi connectivity index (χ2n) is 7.05. The fourth-order valence-electron chi connectivity index (χ4n) is 4.20. The van der Waals surface area contributed by atoms with E-state index in [2.05, 4.69) is 23.2 Å². The first-order valence-electron chi connectivity index (χ1n) is 9.12. The molecule has 4 heteroatoms. The van der Waals surface area contributed by atoms with Gasteiger partial charge in [-0.15, -0.1) is 0 Å². The van der Waals surface area contributed by atoms with E-state index in [1.807, 2.05) is 43.3 Å². The molecule has 134 valence electrons. The van der Waals surface area contributed by atoms with Crippen molar-refractivity contribution in [3.63, 3.8) is 0 Å². The summed E-state index contributed by atoms with van der Waals surface area (Å²) >= 11 is 0. The maximum atomic E-state index is 11.4. The van der Waals surface area contributed by atoms with Crippen LogP contribution >= 0.6 is 0 Å². The first-order chi connectivity index (χ1) is 12.6. The van der Waals surface area contributed by atoms with Gasteiger partial charge in [0.2, 0.25) is 0 Å². The molecule has 4 nitrogen and oxygen atoms in total. The van der Waals surface area contributed by atoms with E-state index in [4.69, 9.17) is 4.74 Å². The number of aliphatic carboxylic acids is 1. The summed E-state index contributed by atoms with van der Waals surface area (Å²) in [6, 6.07) is 18.5. The van der Waals surface area contributed by atoms with Crippen LogP contribution in [0.15, 0.2) is 54.6 Å². The van der Waals surface area contributed by atoms with Gasteiger partial charge in [-0.1, -0.05) is 55.5 Å². The third-order valence-electron chi connectivity index (χ3n) is 5.50. The van der Waals surface area contributed by atoms with Gasteiger partial charge in [0.15, 0.2) is 0 Å². The Balaban J connectivity index is 1.85. The van der Waals surface area contributed by atoms with E-state index >= 15 is 0 Å². The molecule has 4 rings (SSSR count). The minimum atomic E-state index is -1.09. The van der Waals surface area contributed by atoms with Gasteiger partial charge < -0.3 is 19.6 Å². The summed E-state index contributed by atoms with van der Waals surface area (Å²) in [7, 11) is 0. The van der Waals surface area contributed by atoms with Crippen molar-refractivity contribution in [2.75, 3.05) is 6.61 Å². The molecule has 3 aromatic rings. The number of carboxylic acids is 1. The van der Waals surface area contributed by atoms with Crippen molar-refractivity contribution < 1.29 is 14.6 Å². The average molecular weight is 348 g/mol. The van der Waals surface area contributed by atoms with Gasteiger partial charge in [0.1, 0.15) is 5.60 Å². The largest absolute Gasteiger partial charge is 0.550 e. The molecular weight excluding hydrogens is 326 g/mol. The number of carboxylic acid groups (broad SMARTS) is 1. The van der Waals surface area contributed by atoms with E-state index in [0.29, 0.717) is 13.0 Å². The second-order valence-corrected chi connectivity index (χ2v) is 7.05. The summed E-state index contributed by atoms with van der Waals surface area (Å²) in [6.45, 7) is 2.47. The third-order valence-corrected chi connectivity index (χ3v) is 5.50. The molecular formula is C22H22NO3-. The summed E-state index contributed by atoms with van der Waals surface area (Å²) < 4.78 is 6.21. The fraction of sp³-hybridized carbons (Fsp3) is 0.318. The Hall–Kier alpha value is -2.59. The number of rotatable bonds is 5. The van der Waals surface area contributed by atoms with Crippen molar-refractivity contribution in [1.29, 1.82) is 0 Å². The molecule has 0 unspecified atom stereocenters. The van der Waals surface area contributed by atoms with Crippen LogP contribution in [0.4, 0.5) is 0 Å². The Bertz CT molecular complexity index is 931. The van der Waals surface area contributed by atoms with Crippen LogP contribution in [0.3, 0.4) is 0 Å². The van der Waals surface area contributed by atoms with Gasteiger partial charge in [0, 0.05) is 29.2 Å². The van der Waals surface area contributed by atoms with Crippen molar-refractivity contribution >= 4 is 16.9 Å². The van der Waals surface area contributed by atoms with Crippen molar-refractivity contribution in [3.8, 4) is 0 Å². The van der Waals surface area contributed by atoms with Crippen LogP contribution in [0.5, 0.6) is 0 Å². The highest BCUT2D eigenvalue weighted by Gasteiger charge is 2.42. The van der Waals surface area contributed by atoms with E-state index in [0.717, 1.165) is 23.0 Å². The predicted molar refractivity (Wildman–Crippen MR) is 98.7 cm³/mol. The maximum Gasteiger partial charge on any atom is 0.113 e. The number of H-pyrrole nitrogens is 1. The Morgan fingerprint density at radius 1 is 1.19 bits per heavy atom. The smallest absolute Gasteiger partial charge is 0.113 e. The Morgan fingerprint density at radius 3 is 2.65 bits per heavy atom. The maximum absolute atomic E-state index is 11.4. The molecule has 0 saturated heterocycles. The lowest BCUT2D eigenvalue weighted by Gasteiger charge is -2.40. The normalized spacial score (nSPS) is 22.3. The molecule has 26 heavy (non-hydrogen) atoms. The zero-order valence-corrected chi connectivity index (χ0v) is 14.8. The van der Waals surface area contributed by atoms with Gasteiger partial charge in [-0.05, 0) is 30.0 Å². The molecule has 2 heterocycles. The Labute approximate surface area is 152 Å². The summed E-state index contributed by atoms with van der Waals surface area (Å²) in [5.74, 6) is -0.900.